The molecule has 0 aliphatic rings. The van der Waals surface area contributed by atoms with Crippen molar-refractivity contribution < 1.29 is 9.18 Å². The molecule has 0 bridgehead atoms. The Hall–Kier alpha value is -2.15. The second-order valence-corrected chi connectivity index (χ2v) is 6.42. The van der Waals surface area contributed by atoms with Crippen LogP contribution in [0, 0.1) is 5.82 Å². The molecule has 0 aliphatic heterocycles. The molecule has 3 rings (SSSR count). The first-order valence-electron chi connectivity index (χ1n) is 6.76. The maximum Gasteiger partial charge on any atom is 0.325 e. The molecule has 1 aromatic heterocycles. The molecule has 24 heavy (non-hydrogen) atoms. The summed E-state index contributed by atoms with van der Waals surface area (Å²) in [6, 6.07) is 10.4. The third-order valence-corrected chi connectivity index (χ3v) is 4.37. The quantitative estimate of drug-likeness (QED) is 0.593. The number of thiazole rings is 1. The summed E-state index contributed by atoms with van der Waals surface area (Å²) in [6.45, 7) is 0. The number of carbonyl (C=O) groups excluding carboxylic acids is 1. The standard InChI is InChI=1S/C16H10Cl2FN3OS/c17-9-5-6-11(18)10(7-9)14-8-24-16(21-14)22-15(23)20-13-4-2-1-3-12(13)19/h1-8H,(H2,20,21,22,23). The lowest BCUT2D eigenvalue weighted by Crippen LogP contribution is -2.19. The first-order valence-corrected chi connectivity index (χ1v) is 8.40. The third kappa shape index (κ3) is 3.84. The van der Waals surface area contributed by atoms with Crippen LogP contribution in [-0.2, 0) is 0 Å². The molecule has 2 amide bonds. The van der Waals surface area contributed by atoms with Crippen LogP contribution < -0.4 is 10.6 Å². The van der Waals surface area contributed by atoms with E-state index in [9.17, 15) is 9.18 Å². The van der Waals surface area contributed by atoms with E-state index < -0.39 is 11.8 Å². The van der Waals surface area contributed by atoms with Gasteiger partial charge in [-0.05, 0) is 30.3 Å². The predicted octanol–water partition coefficient (Wildman–Crippen LogP) is 5.90. The van der Waals surface area contributed by atoms with Crippen LogP contribution in [-0.4, -0.2) is 11.0 Å². The Morgan fingerprint density at radius 2 is 1.92 bits per heavy atom. The van der Waals surface area contributed by atoms with Crippen LogP contribution in [0.5, 0.6) is 0 Å². The molecular weight excluding hydrogens is 372 g/mol. The SMILES string of the molecule is O=C(Nc1nc(-c2cc(Cl)ccc2Cl)cs1)Nc1ccccc1F. The van der Waals surface area contributed by atoms with E-state index in [0.29, 0.717) is 26.4 Å². The molecule has 4 nitrogen and oxygen atoms in total. The minimum Gasteiger partial charge on any atom is -0.305 e. The number of para-hydroxylation sites is 1. The number of halogens is 3. The normalized spacial score (nSPS) is 10.5. The molecule has 0 radical (unpaired) electrons. The molecule has 2 aromatic carbocycles. The van der Waals surface area contributed by atoms with E-state index in [4.69, 9.17) is 23.2 Å². The second kappa shape index (κ2) is 7.17. The highest BCUT2D eigenvalue weighted by molar-refractivity contribution is 7.14. The fourth-order valence-electron chi connectivity index (χ4n) is 1.96. The van der Waals surface area contributed by atoms with Crippen molar-refractivity contribution in [1.29, 1.82) is 0 Å². The number of benzene rings is 2. The van der Waals surface area contributed by atoms with E-state index in [1.165, 1.54) is 23.5 Å². The van der Waals surface area contributed by atoms with E-state index >= 15 is 0 Å². The summed E-state index contributed by atoms with van der Waals surface area (Å²) >= 11 is 13.3. The number of hydrogen-bond acceptors (Lipinski definition) is 3. The molecule has 0 saturated heterocycles. The number of aromatic nitrogens is 1. The van der Waals surface area contributed by atoms with Crippen molar-refractivity contribution in [3.05, 3.63) is 63.7 Å². The van der Waals surface area contributed by atoms with Gasteiger partial charge in [0.05, 0.1) is 16.4 Å². The van der Waals surface area contributed by atoms with Crippen LogP contribution in [0.25, 0.3) is 11.3 Å². The van der Waals surface area contributed by atoms with Gasteiger partial charge in [-0.15, -0.1) is 11.3 Å². The Kier molecular flexibility index (Phi) is 4.99. The topological polar surface area (TPSA) is 54.0 Å². The fraction of sp³-hybridized carbons (Fsp3) is 0. The average Bonchev–Trinajstić information content (AvgIpc) is 3.00. The number of hydrogen-bond donors (Lipinski definition) is 2. The summed E-state index contributed by atoms with van der Waals surface area (Å²) in [6.07, 6.45) is 0. The van der Waals surface area contributed by atoms with Crippen LogP contribution in [0.2, 0.25) is 10.0 Å². The lowest BCUT2D eigenvalue weighted by atomic mass is 10.2. The minimum atomic E-state index is -0.585. The molecular formula is C16H10Cl2FN3OS. The van der Waals surface area contributed by atoms with Gasteiger partial charge >= 0.3 is 6.03 Å². The van der Waals surface area contributed by atoms with Gasteiger partial charge in [0.1, 0.15) is 5.82 Å². The smallest absolute Gasteiger partial charge is 0.305 e. The van der Waals surface area contributed by atoms with E-state index in [1.807, 2.05) is 0 Å². The lowest BCUT2D eigenvalue weighted by molar-refractivity contribution is 0.262. The number of rotatable bonds is 3. The summed E-state index contributed by atoms with van der Waals surface area (Å²) in [5.41, 5.74) is 1.35. The Labute approximate surface area is 151 Å². The van der Waals surface area contributed by atoms with Crippen LogP contribution >= 0.6 is 34.5 Å². The summed E-state index contributed by atoms with van der Waals surface area (Å²) in [5.74, 6) is -0.516. The van der Waals surface area contributed by atoms with Crippen LogP contribution in [0.4, 0.5) is 20.0 Å². The van der Waals surface area contributed by atoms with Crippen molar-refractivity contribution in [3.8, 4) is 11.3 Å². The summed E-state index contributed by atoms with van der Waals surface area (Å²) in [7, 11) is 0. The number of nitrogens with zero attached hydrogens (tertiary/aromatic N) is 1. The van der Waals surface area contributed by atoms with Crippen molar-refractivity contribution in [3.63, 3.8) is 0 Å². The molecule has 122 valence electrons. The van der Waals surface area contributed by atoms with E-state index in [2.05, 4.69) is 15.6 Å². The maximum absolute atomic E-state index is 13.5. The number of nitrogens with one attached hydrogen (secondary N) is 2. The van der Waals surface area contributed by atoms with Crippen molar-refractivity contribution in [2.75, 3.05) is 10.6 Å². The summed E-state index contributed by atoms with van der Waals surface area (Å²) in [4.78, 5) is 16.2. The van der Waals surface area contributed by atoms with Gasteiger partial charge in [-0.1, -0.05) is 35.3 Å². The largest absolute Gasteiger partial charge is 0.325 e. The number of urea groups is 1. The molecule has 0 fully saturated rings. The lowest BCUT2D eigenvalue weighted by Gasteiger charge is -2.06. The van der Waals surface area contributed by atoms with E-state index in [0.717, 1.165) is 0 Å². The predicted molar refractivity (Wildman–Crippen MR) is 96.6 cm³/mol. The molecule has 2 N–H and O–H groups in total. The van der Waals surface area contributed by atoms with E-state index in [1.54, 1.807) is 35.7 Å². The molecule has 0 atom stereocenters. The number of anilines is 2. The van der Waals surface area contributed by atoms with Gasteiger partial charge in [0.15, 0.2) is 5.13 Å². The Balaban J connectivity index is 1.73. The van der Waals surface area contributed by atoms with Crippen LogP contribution in [0.3, 0.4) is 0 Å². The summed E-state index contributed by atoms with van der Waals surface area (Å²) < 4.78 is 13.5. The maximum atomic E-state index is 13.5. The van der Waals surface area contributed by atoms with E-state index in [-0.39, 0.29) is 5.69 Å². The zero-order valence-corrected chi connectivity index (χ0v) is 14.3. The highest BCUT2D eigenvalue weighted by atomic mass is 35.5. The molecule has 0 unspecified atom stereocenters. The van der Waals surface area contributed by atoms with Gasteiger partial charge in [0.25, 0.3) is 0 Å². The van der Waals surface area contributed by atoms with Gasteiger partial charge in [0, 0.05) is 16.0 Å². The third-order valence-electron chi connectivity index (χ3n) is 3.05. The number of carbonyl (C=O) groups is 1. The van der Waals surface area contributed by atoms with Crippen LogP contribution in [0.15, 0.2) is 47.8 Å². The highest BCUT2D eigenvalue weighted by Gasteiger charge is 2.12. The Bertz CT molecular complexity index is 901. The van der Waals surface area contributed by atoms with Crippen molar-refractivity contribution in [2.45, 2.75) is 0 Å². The van der Waals surface area contributed by atoms with Crippen molar-refractivity contribution in [2.24, 2.45) is 0 Å². The molecule has 1 heterocycles. The van der Waals surface area contributed by atoms with Crippen molar-refractivity contribution in [1.82, 2.24) is 4.98 Å². The molecule has 3 aromatic rings. The summed E-state index contributed by atoms with van der Waals surface area (Å²) in [5, 5.41) is 8.12. The first-order chi connectivity index (χ1) is 11.5. The fourth-order valence-corrected chi connectivity index (χ4v) is 3.05. The molecule has 0 saturated carbocycles. The Morgan fingerprint density at radius 1 is 1.12 bits per heavy atom. The highest BCUT2D eigenvalue weighted by Crippen LogP contribution is 2.32. The molecule has 0 spiro atoms. The van der Waals surface area contributed by atoms with Gasteiger partial charge in [0.2, 0.25) is 0 Å². The van der Waals surface area contributed by atoms with Gasteiger partial charge in [-0.2, -0.15) is 0 Å². The zero-order valence-electron chi connectivity index (χ0n) is 12.0. The first kappa shape index (κ1) is 16.7. The average molecular weight is 382 g/mol. The van der Waals surface area contributed by atoms with Crippen molar-refractivity contribution >= 4 is 51.4 Å². The monoisotopic (exact) mass is 381 g/mol. The molecule has 8 heteroatoms. The molecule has 0 aliphatic carbocycles. The zero-order chi connectivity index (χ0) is 17.1. The number of amides is 2. The van der Waals surface area contributed by atoms with Crippen LogP contribution in [0.1, 0.15) is 0 Å². The minimum absolute atomic E-state index is 0.0877. The Morgan fingerprint density at radius 3 is 2.71 bits per heavy atom. The van der Waals surface area contributed by atoms with Gasteiger partial charge < -0.3 is 5.32 Å². The second-order valence-electron chi connectivity index (χ2n) is 4.72. The van der Waals surface area contributed by atoms with Gasteiger partial charge in [-0.25, -0.2) is 14.2 Å². The van der Waals surface area contributed by atoms with Gasteiger partial charge in [-0.3, -0.25) is 5.32 Å².